The highest BCUT2D eigenvalue weighted by atomic mass is 35.5. The van der Waals surface area contributed by atoms with Crippen LogP contribution in [0.2, 0.25) is 15.1 Å². The minimum atomic E-state index is 0.414. The van der Waals surface area contributed by atoms with Gasteiger partial charge in [0, 0.05) is 16.8 Å². The summed E-state index contributed by atoms with van der Waals surface area (Å²) < 4.78 is 1.62. The largest absolute Gasteiger partial charge is 0.298 e. The number of aromatic nitrogens is 2. The van der Waals surface area contributed by atoms with Crippen molar-refractivity contribution in [2.75, 3.05) is 0 Å². The number of benzene rings is 2. The Hall–Kier alpha value is -1.81. The summed E-state index contributed by atoms with van der Waals surface area (Å²) in [5.74, 6) is 0. The SMILES string of the molecule is O=Cc1cn(-c2ccc(Cl)cc2)nc1-c1ccc(Cl)c(Cl)c1. The van der Waals surface area contributed by atoms with Gasteiger partial charge in [0.25, 0.3) is 0 Å². The quantitative estimate of drug-likeness (QED) is 0.599. The first-order valence-corrected chi connectivity index (χ1v) is 7.48. The Bertz CT molecular complexity index is 841. The number of aldehydes is 1. The van der Waals surface area contributed by atoms with Gasteiger partial charge in [-0.15, -0.1) is 0 Å². The van der Waals surface area contributed by atoms with Crippen molar-refractivity contribution < 1.29 is 4.79 Å². The minimum Gasteiger partial charge on any atom is -0.298 e. The summed E-state index contributed by atoms with van der Waals surface area (Å²) in [5.41, 5.74) is 2.54. The molecule has 0 fully saturated rings. The van der Waals surface area contributed by atoms with Crippen LogP contribution < -0.4 is 0 Å². The van der Waals surface area contributed by atoms with Crippen LogP contribution in [0.25, 0.3) is 16.9 Å². The van der Waals surface area contributed by atoms with Crippen LogP contribution in [-0.2, 0) is 0 Å². The van der Waals surface area contributed by atoms with Crippen LogP contribution in [0.4, 0.5) is 0 Å². The van der Waals surface area contributed by atoms with E-state index in [1.165, 1.54) is 0 Å². The molecule has 0 atom stereocenters. The lowest BCUT2D eigenvalue weighted by Gasteiger charge is -2.02. The van der Waals surface area contributed by atoms with Crippen molar-refractivity contribution in [1.29, 1.82) is 0 Å². The van der Waals surface area contributed by atoms with Crippen molar-refractivity contribution in [3.05, 3.63) is 69.3 Å². The average molecular weight is 352 g/mol. The lowest BCUT2D eigenvalue weighted by molar-refractivity contribution is 0.112. The smallest absolute Gasteiger partial charge is 0.153 e. The fourth-order valence-electron chi connectivity index (χ4n) is 2.07. The molecule has 110 valence electrons. The molecule has 0 aliphatic rings. The maximum Gasteiger partial charge on any atom is 0.153 e. The molecule has 0 aliphatic carbocycles. The molecule has 3 aromatic rings. The Kier molecular flexibility index (Phi) is 4.21. The van der Waals surface area contributed by atoms with Gasteiger partial charge in [-0.25, -0.2) is 4.68 Å². The maximum atomic E-state index is 11.3. The summed E-state index contributed by atoms with van der Waals surface area (Å²) in [6.45, 7) is 0. The van der Waals surface area contributed by atoms with Gasteiger partial charge in [-0.1, -0.05) is 40.9 Å². The Labute approximate surface area is 142 Å². The van der Waals surface area contributed by atoms with E-state index in [4.69, 9.17) is 34.8 Å². The van der Waals surface area contributed by atoms with Gasteiger partial charge in [-0.2, -0.15) is 5.10 Å². The van der Waals surface area contributed by atoms with E-state index in [9.17, 15) is 4.79 Å². The number of hydrogen-bond acceptors (Lipinski definition) is 2. The van der Waals surface area contributed by atoms with Gasteiger partial charge in [0.05, 0.1) is 21.3 Å². The second kappa shape index (κ2) is 6.13. The van der Waals surface area contributed by atoms with Crippen LogP contribution in [0.15, 0.2) is 48.7 Å². The number of carbonyl (C=O) groups is 1. The molecule has 3 rings (SSSR count). The molecule has 0 spiro atoms. The van der Waals surface area contributed by atoms with Gasteiger partial charge < -0.3 is 0 Å². The molecule has 22 heavy (non-hydrogen) atoms. The van der Waals surface area contributed by atoms with E-state index in [1.54, 1.807) is 41.2 Å². The standard InChI is InChI=1S/C16H9Cl3N2O/c17-12-2-4-13(5-3-12)21-8-11(9-22)16(20-21)10-1-6-14(18)15(19)7-10/h1-9H. The van der Waals surface area contributed by atoms with Gasteiger partial charge in [-0.3, -0.25) is 4.79 Å². The van der Waals surface area contributed by atoms with Crippen molar-refractivity contribution in [3.63, 3.8) is 0 Å². The number of rotatable bonds is 3. The first kappa shape index (κ1) is 15.1. The van der Waals surface area contributed by atoms with Gasteiger partial charge >= 0.3 is 0 Å². The Morgan fingerprint density at radius 1 is 0.955 bits per heavy atom. The molecule has 0 amide bonds. The lowest BCUT2D eigenvalue weighted by Crippen LogP contribution is -1.94. The predicted molar refractivity (Wildman–Crippen MR) is 89.4 cm³/mol. The summed E-state index contributed by atoms with van der Waals surface area (Å²) in [7, 11) is 0. The minimum absolute atomic E-state index is 0.414. The van der Waals surface area contributed by atoms with Crippen LogP contribution in [0.5, 0.6) is 0 Å². The van der Waals surface area contributed by atoms with Crippen LogP contribution in [0.3, 0.4) is 0 Å². The Morgan fingerprint density at radius 3 is 2.32 bits per heavy atom. The fraction of sp³-hybridized carbons (Fsp3) is 0. The predicted octanol–water partition coefficient (Wildman–Crippen LogP) is 5.31. The molecule has 6 heteroatoms. The zero-order valence-corrected chi connectivity index (χ0v) is 13.4. The van der Waals surface area contributed by atoms with Gasteiger partial charge in [0.1, 0.15) is 5.69 Å². The van der Waals surface area contributed by atoms with E-state index in [1.807, 2.05) is 12.1 Å². The molecule has 0 N–H and O–H groups in total. The second-order valence-corrected chi connectivity index (χ2v) is 5.85. The monoisotopic (exact) mass is 350 g/mol. The number of carbonyl (C=O) groups excluding carboxylic acids is 1. The van der Waals surface area contributed by atoms with E-state index in [2.05, 4.69) is 5.10 Å². The van der Waals surface area contributed by atoms with Crippen LogP contribution >= 0.6 is 34.8 Å². The third kappa shape index (κ3) is 2.88. The lowest BCUT2D eigenvalue weighted by atomic mass is 10.1. The Morgan fingerprint density at radius 2 is 1.68 bits per heavy atom. The van der Waals surface area contributed by atoms with E-state index >= 15 is 0 Å². The zero-order valence-electron chi connectivity index (χ0n) is 11.1. The summed E-state index contributed by atoms with van der Waals surface area (Å²) in [4.78, 5) is 11.3. The fourth-order valence-corrected chi connectivity index (χ4v) is 2.49. The summed E-state index contributed by atoms with van der Waals surface area (Å²) >= 11 is 17.8. The summed E-state index contributed by atoms with van der Waals surface area (Å²) in [5, 5.41) is 5.97. The first-order chi connectivity index (χ1) is 10.6. The van der Waals surface area contributed by atoms with E-state index in [0.717, 1.165) is 17.5 Å². The highest BCUT2D eigenvalue weighted by Gasteiger charge is 2.13. The molecule has 0 unspecified atom stereocenters. The van der Waals surface area contributed by atoms with Crippen LogP contribution in [0, 0.1) is 0 Å². The van der Waals surface area contributed by atoms with Crippen molar-refractivity contribution in [2.24, 2.45) is 0 Å². The van der Waals surface area contributed by atoms with Gasteiger partial charge in [0.15, 0.2) is 6.29 Å². The van der Waals surface area contributed by atoms with E-state index in [-0.39, 0.29) is 0 Å². The molecular formula is C16H9Cl3N2O. The first-order valence-electron chi connectivity index (χ1n) is 6.34. The van der Waals surface area contributed by atoms with E-state index < -0.39 is 0 Å². The highest BCUT2D eigenvalue weighted by Crippen LogP contribution is 2.29. The molecular weight excluding hydrogens is 343 g/mol. The molecule has 0 saturated carbocycles. The molecule has 2 aromatic carbocycles. The zero-order chi connectivity index (χ0) is 15.7. The van der Waals surface area contributed by atoms with Crippen molar-refractivity contribution in [2.45, 2.75) is 0 Å². The van der Waals surface area contributed by atoms with Gasteiger partial charge in [0.2, 0.25) is 0 Å². The molecule has 0 radical (unpaired) electrons. The van der Waals surface area contributed by atoms with Crippen LogP contribution in [-0.4, -0.2) is 16.1 Å². The number of nitrogens with zero attached hydrogens (tertiary/aromatic N) is 2. The molecule has 0 aliphatic heterocycles. The molecule has 3 nitrogen and oxygen atoms in total. The van der Waals surface area contributed by atoms with Crippen molar-refractivity contribution in [1.82, 2.24) is 9.78 Å². The van der Waals surface area contributed by atoms with E-state index in [0.29, 0.717) is 26.3 Å². The normalized spacial score (nSPS) is 10.7. The van der Waals surface area contributed by atoms with Crippen LogP contribution in [0.1, 0.15) is 10.4 Å². The van der Waals surface area contributed by atoms with Gasteiger partial charge in [-0.05, 0) is 36.4 Å². The molecule has 0 saturated heterocycles. The maximum absolute atomic E-state index is 11.3. The van der Waals surface area contributed by atoms with Crippen molar-refractivity contribution >= 4 is 41.1 Å². The number of halogens is 3. The third-order valence-corrected chi connectivity index (χ3v) is 4.14. The number of hydrogen-bond donors (Lipinski definition) is 0. The summed E-state index contributed by atoms with van der Waals surface area (Å²) in [6.07, 6.45) is 2.42. The molecule has 1 heterocycles. The second-order valence-electron chi connectivity index (χ2n) is 4.60. The highest BCUT2D eigenvalue weighted by molar-refractivity contribution is 6.42. The summed E-state index contributed by atoms with van der Waals surface area (Å²) in [6, 6.07) is 12.3. The molecule has 0 bridgehead atoms. The topological polar surface area (TPSA) is 34.9 Å². The van der Waals surface area contributed by atoms with Crippen molar-refractivity contribution in [3.8, 4) is 16.9 Å². The third-order valence-electron chi connectivity index (χ3n) is 3.15. The Balaban J connectivity index is 2.10. The average Bonchev–Trinajstić information content (AvgIpc) is 2.95. The molecule has 1 aromatic heterocycles.